The third kappa shape index (κ3) is 2.48. The van der Waals surface area contributed by atoms with Crippen LogP contribution in [-0.4, -0.2) is 50.7 Å². The van der Waals surface area contributed by atoms with E-state index in [1.807, 2.05) is 0 Å². The smallest absolute Gasteiger partial charge is 0.312 e. The molecule has 0 aromatic rings. The standard InChI is InChI=1S/C14H23NO4/c1-4-19-12(16)11-9-14(11,13(17)18-3)10-5-7-15(2)8-6-10/h10-11H,4-9H2,1-3H3. The molecular weight excluding hydrogens is 246 g/mol. The lowest BCUT2D eigenvalue weighted by Crippen LogP contribution is -2.39. The van der Waals surface area contributed by atoms with Gasteiger partial charge in [-0.2, -0.15) is 0 Å². The number of methoxy groups -OCH3 is 1. The predicted molar refractivity (Wildman–Crippen MR) is 69.4 cm³/mol. The second-order valence-corrected chi connectivity index (χ2v) is 5.62. The highest BCUT2D eigenvalue weighted by molar-refractivity contribution is 5.91. The minimum Gasteiger partial charge on any atom is -0.469 e. The summed E-state index contributed by atoms with van der Waals surface area (Å²) in [5, 5.41) is 0. The SMILES string of the molecule is CCOC(=O)C1CC1(C(=O)OC)C1CCN(C)CC1. The van der Waals surface area contributed by atoms with Crippen molar-refractivity contribution >= 4 is 11.9 Å². The van der Waals surface area contributed by atoms with Crippen LogP contribution in [0.3, 0.4) is 0 Å². The van der Waals surface area contributed by atoms with Crippen LogP contribution in [0.5, 0.6) is 0 Å². The van der Waals surface area contributed by atoms with Gasteiger partial charge in [0.2, 0.25) is 0 Å². The number of carbonyl (C=O) groups excluding carboxylic acids is 2. The Labute approximate surface area is 114 Å². The Morgan fingerprint density at radius 1 is 1.32 bits per heavy atom. The summed E-state index contributed by atoms with van der Waals surface area (Å²) < 4.78 is 10.0. The van der Waals surface area contributed by atoms with Gasteiger partial charge in [-0.1, -0.05) is 0 Å². The second-order valence-electron chi connectivity index (χ2n) is 5.62. The molecule has 0 spiro atoms. The largest absolute Gasteiger partial charge is 0.469 e. The van der Waals surface area contributed by atoms with Crippen molar-refractivity contribution < 1.29 is 19.1 Å². The zero-order chi connectivity index (χ0) is 14.0. The van der Waals surface area contributed by atoms with Crippen LogP contribution < -0.4 is 0 Å². The fraction of sp³-hybridized carbons (Fsp3) is 0.857. The molecule has 2 fully saturated rings. The number of likely N-dealkylation sites (tertiary alicyclic amines) is 1. The highest BCUT2D eigenvalue weighted by atomic mass is 16.5. The van der Waals surface area contributed by atoms with Crippen LogP contribution in [0, 0.1) is 17.3 Å². The molecule has 0 aromatic heterocycles. The zero-order valence-corrected chi connectivity index (χ0v) is 12.0. The Morgan fingerprint density at radius 2 is 1.95 bits per heavy atom. The van der Waals surface area contributed by atoms with Crippen molar-refractivity contribution in [2.45, 2.75) is 26.2 Å². The molecule has 0 amide bonds. The average Bonchev–Trinajstić information content (AvgIpc) is 3.16. The predicted octanol–water partition coefficient (Wildman–Crippen LogP) is 1.07. The molecule has 0 aromatic carbocycles. The van der Waals surface area contributed by atoms with Crippen molar-refractivity contribution in [2.24, 2.45) is 17.3 Å². The quantitative estimate of drug-likeness (QED) is 0.715. The summed E-state index contributed by atoms with van der Waals surface area (Å²) in [6, 6.07) is 0. The van der Waals surface area contributed by atoms with Gasteiger partial charge in [-0.3, -0.25) is 9.59 Å². The summed E-state index contributed by atoms with van der Waals surface area (Å²) in [5.74, 6) is -0.536. The number of rotatable bonds is 4. The van der Waals surface area contributed by atoms with Gasteiger partial charge in [0.25, 0.3) is 0 Å². The van der Waals surface area contributed by atoms with Crippen LogP contribution in [0.2, 0.25) is 0 Å². The zero-order valence-electron chi connectivity index (χ0n) is 12.0. The molecule has 0 bridgehead atoms. The van der Waals surface area contributed by atoms with E-state index < -0.39 is 5.41 Å². The van der Waals surface area contributed by atoms with Gasteiger partial charge in [0, 0.05) is 0 Å². The maximum atomic E-state index is 12.2. The maximum Gasteiger partial charge on any atom is 0.312 e. The highest BCUT2D eigenvalue weighted by Crippen LogP contribution is 2.61. The van der Waals surface area contributed by atoms with Crippen LogP contribution in [0.15, 0.2) is 0 Å². The fourth-order valence-electron chi connectivity index (χ4n) is 3.37. The Bertz CT molecular complexity index is 362. The van der Waals surface area contributed by atoms with Crippen molar-refractivity contribution in [1.29, 1.82) is 0 Å². The van der Waals surface area contributed by atoms with Crippen LogP contribution >= 0.6 is 0 Å². The molecule has 2 aliphatic rings. The Kier molecular flexibility index (Phi) is 4.13. The Morgan fingerprint density at radius 3 is 2.47 bits per heavy atom. The van der Waals surface area contributed by atoms with E-state index in [0.29, 0.717) is 13.0 Å². The van der Waals surface area contributed by atoms with Gasteiger partial charge < -0.3 is 14.4 Å². The minimum atomic E-state index is -0.609. The molecule has 1 aliphatic carbocycles. The van der Waals surface area contributed by atoms with E-state index in [4.69, 9.17) is 9.47 Å². The summed E-state index contributed by atoms with van der Waals surface area (Å²) >= 11 is 0. The van der Waals surface area contributed by atoms with Gasteiger partial charge in [-0.25, -0.2) is 0 Å². The summed E-state index contributed by atoms with van der Waals surface area (Å²) in [6.07, 6.45) is 2.48. The van der Waals surface area contributed by atoms with Crippen molar-refractivity contribution in [1.82, 2.24) is 4.90 Å². The van der Waals surface area contributed by atoms with Crippen molar-refractivity contribution in [2.75, 3.05) is 33.9 Å². The van der Waals surface area contributed by atoms with Crippen molar-refractivity contribution in [3.63, 3.8) is 0 Å². The molecule has 1 aliphatic heterocycles. The number of piperidine rings is 1. The molecule has 2 rings (SSSR count). The molecule has 2 atom stereocenters. The summed E-state index contributed by atoms with van der Waals surface area (Å²) in [7, 11) is 3.48. The molecule has 5 nitrogen and oxygen atoms in total. The average molecular weight is 269 g/mol. The van der Waals surface area contributed by atoms with E-state index >= 15 is 0 Å². The highest BCUT2D eigenvalue weighted by Gasteiger charge is 2.68. The fourth-order valence-corrected chi connectivity index (χ4v) is 3.37. The summed E-state index contributed by atoms with van der Waals surface area (Å²) in [5.41, 5.74) is -0.609. The number of ether oxygens (including phenoxy) is 2. The first-order chi connectivity index (χ1) is 9.06. The van der Waals surface area contributed by atoms with Gasteiger partial charge in [-0.05, 0) is 52.2 Å². The number of hydrogen-bond donors (Lipinski definition) is 0. The lowest BCUT2D eigenvalue weighted by atomic mass is 9.80. The van der Waals surface area contributed by atoms with Crippen molar-refractivity contribution in [3.8, 4) is 0 Å². The topological polar surface area (TPSA) is 55.8 Å². The third-order valence-corrected chi connectivity index (χ3v) is 4.59. The molecule has 1 saturated heterocycles. The van der Waals surface area contributed by atoms with E-state index in [1.54, 1.807) is 6.92 Å². The first kappa shape index (κ1) is 14.3. The third-order valence-electron chi connectivity index (χ3n) is 4.59. The summed E-state index contributed by atoms with van der Waals surface area (Å²) in [4.78, 5) is 26.3. The summed E-state index contributed by atoms with van der Waals surface area (Å²) in [6.45, 7) is 4.09. The van der Waals surface area contributed by atoms with Crippen LogP contribution in [0.4, 0.5) is 0 Å². The number of esters is 2. The van der Waals surface area contributed by atoms with Gasteiger partial charge in [0.15, 0.2) is 0 Å². The molecule has 5 heteroatoms. The molecule has 0 N–H and O–H groups in total. The van der Waals surface area contributed by atoms with E-state index in [2.05, 4.69) is 11.9 Å². The lowest BCUT2D eigenvalue weighted by Gasteiger charge is -2.33. The Balaban J connectivity index is 2.10. The van der Waals surface area contributed by atoms with Gasteiger partial charge in [0.05, 0.1) is 25.0 Å². The van der Waals surface area contributed by atoms with Crippen LogP contribution in [0.1, 0.15) is 26.2 Å². The molecular formula is C14H23NO4. The minimum absolute atomic E-state index is 0.236. The molecule has 0 radical (unpaired) electrons. The molecule has 1 saturated carbocycles. The first-order valence-corrected chi connectivity index (χ1v) is 6.99. The first-order valence-electron chi connectivity index (χ1n) is 6.99. The van der Waals surface area contributed by atoms with Gasteiger partial charge >= 0.3 is 11.9 Å². The van der Waals surface area contributed by atoms with E-state index in [1.165, 1.54) is 7.11 Å². The van der Waals surface area contributed by atoms with Gasteiger partial charge in [-0.15, -0.1) is 0 Å². The van der Waals surface area contributed by atoms with Crippen LogP contribution in [0.25, 0.3) is 0 Å². The number of nitrogens with zero attached hydrogens (tertiary/aromatic N) is 1. The van der Waals surface area contributed by atoms with E-state index in [-0.39, 0.29) is 23.8 Å². The van der Waals surface area contributed by atoms with Crippen LogP contribution in [-0.2, 0) is 19.1 Å². The molecule has 108 valence electrons. The lowest BCUT2D eigenvalue weighted by molar-refractivity contribution is -0.157. The van der Waals surface area contributed by atoms with Gasteiger partial charge in [0.1, 0.15) is 0 Å². The van der Waals surface area contributed by atoms with Crippen molar-refractivity contribution in [3.05, 3.63) is 0 Å². The van der Waals surface area contributed by atoms with E-state index in [0.717, 1.165) is 25.9 Å². The Hall–Kier alpha value is -1.10. The molecule has 2 unspecified atom stereocenters. The second kappa shape index (κ2) is 5.49. The maximum absolute atomic E-state index is 12.2. The molecule has 1 heterocycles. The molecule has 19 heavy (non-hydrogen) atoms. The number of hydrogen-bond acceptors (Lipinski definition) is 5. The normalized spacial score (nSPS) is 31.8. The monoisotopic (exact) mass is 269 g/mol. The van der Waals surface area contributed by atoms with E-state index in [9.17, 15) is 9.59 Å². The number of carbonyl (C=O) groups is 2.